The van der Waals surface area contributed by atoms with Crippen molar-refractivity contribution < 1.29 is 13.2 Å². The van der Waals surface area contributed by atoms with Gasteiger partial charge in [0.2, 0.25) is 0 Å². The minimum absolute atomic E-state index is 0.499. The van der Waals surface area contributed by atoms with Crippen LogP contribution in [0.25, 0.3) is 22.2 Å². The normalized spacial score (nSPS) is 11.7. The molecule has 0 aliphatic carbocycles. The van der Waals surface area contributed by atoms with Crippen LogP contribution < -0.4 is 5.32 Å². The number of hydrogen-bond acceptors (Lipinski definition) is 3. The minimum Gasteiger partial charge on any atom is -0.343 e. The maximum Gasteiger partial charge on any atom is 0.416 e. The maximum absolute atomic E-state index is 13.1. The fraction of sp³-hybridized carbons (Fsp3) is 0.100. The molecule has 0 amide bonds. The highest BCUT2D eigenvalue weighted by atomic mass is 19.4. The van der Waals surface area contributed by atoms with Crippen LogP contribution in [-0.2, 0) is 13.2 Å². The fourth-order valence-corrected chi connectivity index (χ4v) is 3.06. The van der Waals surface area contributed by atoms with Crippen molar-refractivity contribution in [3.63, 3.8) is 0 Å². The van der Waals surface area contributed by atoms with Gasteiger partial charge in [0.25, 0.3) is 0 Å². The predicted octanol–water partition coefficient (Wildman–Crippen LogP) is 5.40. The number of fused-ring (bicyclic) bond motifs is 1. The summed E-state index contributed by atoms with van der Waals surface area (Å²) >= 11 is 0. The van der Waals surface area contributed by atoms with Crippen molar-refractivity contribution in [1.29, 1.82) is 0 Å². The molecule has 0 fully saturated rings. The van der Waals surface area contributed by atoms with Gasteiger partial charge in [0.1, 0.15) is 5.82 Å². The van der Waals surface area contributed by atoms with Crippen LogP contribution >= 0.6 is 0 Å². The third-order valence-electron chi connectivity index (χ3n) is 4.40. The summed E-state index contributed by atoms with van der Waals surface area (Å²) in [4.78, 5) is 8.36. The molecule has 1 N–H and O–H groups in total. The van der Waals surface area contributed by atoms with Crippen LogP contribution in [0.3, 0.4) is 0 Å². The van der Waals surface area contributed by atoms with Crippen molar-refractivity contribution >= 4 is 22.4 Å². The fourth-order valence-electron chi connectivity index (χ4n) is 3.06. The number of halogens is 3. The van der Waals surface area contributed by atoms with Gasteiger partial charge in [0.05, 0.1) is 11.1 Å². The Kier molecular flexibility index (Phi) is 4.07. The lowest BCUT2D eigenvalue weighted by atomic mass is 10.1. The van der Waals surface area contributed by atoms with Crippen LogP contribution in [0.4, 0.5) is 24.7 Å². The summed E-state index contributed by atoms with van der Waals surface area (Å²) in [5.41, 5.74) is 2.21. The number of aryl methyl sites for hydroxylation is 1. The van der Waals surface area contributed by atoms with Crippen molar-refractivity contribution in [3.05, 3.63) is 72.7 Å². The van der Waals surface area contributed by atoms with Gasteiger partial charge >= 0.3 is 6.18 Å². The largest absolute Gasteiger partial charge is 0.416 e. The maximum atomic E-state index is 13.1. The average molecular weight is 368 g/mol. The van der Waals surface area contributed by atoms with Gasteiger partial charge in [0.15, 0.2) is 0 Å². The highest BCUT2D eigenvalue weighted by Crippen LogP contribution is 2.35. The van der Waals surface area contributed by atoms with E-state index in [1.807, 2.05) is 35.9 Å². The third-order valence-corrected chi connectivity index (χ3v) is 4.40. The molecule has 0 aliphatic heterocycles. The molecule has 0 aliphatic rings. The van der Waals surface area contributed by atoms with Crippen molar-refractivity contribution in [2.75, 3.05) is 5.32 Å². The monoisotopic (exact) mass is 368 g/mol. The highest BCUT2D eigenvalue weighted by molar-refractivity contribution is 5.95. The van der Waals surface area contributed by atoms with E-state index in [2.05, 4.69) is 15.3 Å². The Hall–Kier alpha value is -3.35. The number of hydrogen-bond donors (Lipinski definition) is 1. The van der Waals surface area contributed by atoms with Crippen LogP contribution in [-0.4, -0.2) is 14.5 Å². The number of rotatable bonds is 3. The number of pyridine rings is 2. The average Bonchev–Trinajstić information content (AvgIpc) is 3.00. The number of nitrogens with one attached hydrogen (secondary N) is 1. The van der Waals surface area contributed by atoms with E-state index in [0.29, 0.717) is 17.1 Å². The van der Waals surface area contributed by atoms with E-state index in [-0.39, 0.29) is 0 Å². The van der Waals surface area contributed by atoms with Crippen molar-refractivity contribution in [2.45, 2.75) is 6.18 Å². The Morgan fingerprint density at radius 3 is 2.48 bits per heavy atom. The second-order valence-electron chi connectivity index (χ2n) is 6.12. The number of anilines is 2. The highest BCUT2D eigenvalue weighted by Gasteiger charge is 2.30. The molecule has 0 saturated carbocycles. The smallest absolute Gasteiger partial charge is 0.343 e. The lowest BCUT2D eigenvalue weighted by Crippen LogP contribution is -2.04. The number of aromatic nitrogens is 3. The zero-order valence-electron chi connectivity index (χ0n) is 14.3. The summed E-state index contributed by atoms with van der Waals surface area (Å²) in [6.07, 6.45) is 0.626. The molecule has 4 nitrogen and oxygen atoms in total. The zero-order chi connectivity index (χ0) is 19.0. The van der Waals surface area contributed by atoms with Crippen molar-refractivity contribution in [2.24, 2.45) is 7.05 Å². The molecule has 0 spiro atoms. The third kappa shape index (κ3) is 3.23. The first kappa shape index (κ1) is 17.1. The van der Waals surface area contributed by atoms with Gasteiger partial charge in [-0.1, -0.05) is 12.1 Å². The van der Waals surface area contributed by atoms with Crippen LogP contribution in [0.2, 0.25) is 0 Å². The second-order valence-corrected chi connectivity index (χ2v) is 6.12. The van der Waals surface area contributed by atoms with Gasteiger partial charge in [-0.05, 0) is 42.0 Å². The number of alkyl halides is 3. The van der Waals surface area contributed by atoms with Crippen LogP contribution in [0.5, 0.6) is 0 Å². The van der Waals surface area contributed by atoms with Crippen LogP contribution in [0.15, 0.2) is 67.1 Å². The van der Waals surface area contributed by atoms with Gasteiger partial charge in [-0.25, -0.2) is 4.98 Å². The summed E-state index contributed by atoms with van der Waals surface area (Å²) in [6.45, 7) is 0. The summed E-state index contributed by atoms with van der Waals surface area (Å²) in [7, 11) is 1.83. The second kappa shape index (κ2) is 6.42. The van der Waals surface area contributed by atoms with E-state index < -0.39 is 11.7 Å². The molecule has 0 bridgehead atoms. The molecule has 136 valence electrons. The first-order chi connectivity index (χ1) is 12.9. The molecule has 0 saturated heterocycles. The molecular weight excluding hydrogens is 353 g/mol. The topological polar surface area (TPSA) is 42.7 Å². The van der Waals surface area contributed by atoms with Crippen LogP contribution in [0.1, 0.15) is 5.56 Å². The Balaban J connectivity index is 1.82. The molecule has 0 unspecified atom stereocenters. The lowest BCUT2D eigenvalue weighted by molar-refractivity contribution is -0.137. The first-order valence-electron chi connectivity index (χ1n) is 8.22. The van der Waals surface area contributed by atoms with E-state index in [9.17, 15) is 13.2 Å². The Morgan fingerprint density at radius 2 is 1.74 bits per heavy atom. The molecule has 4 rings (SSSR count). The Morgan fingerprint density at radius 1 is 0.963 bits per heavy atom. The predicted molar refractivity (Wildman–Crippen MR) is 98.7 cm³/mol. The molecule has 0 radical (unpaired) electrons. The van der Waals surface area contributed by atoms with E-state index >= 15 is 0 Å². The SMILES string of the molecule is Cn1c(-c2cccc(C(F)(F)F)c2)cc2c(Nc3ccncc3)nccc21. The van der Waals surface area contributed by atoms with Gasteiger partial charge in [0, 0.05) is 42.4 Å². The van der Waals surface area contributed by atoms with Crippen LogP contribution in [0, 0.1) is 0 Å². The first-order valence-corrected chi connectivity index (χ1v) is 8.22. The van der Waals surface area contributed by atoms with E-state index in [4.69, 9.17) is 0 Å². The van der Waals surface area contributed by atoms with Gasteiger partial charge in [-0.15, -0.1) is 0 Å². The van der Waals surface area contributed by atoms with Gasteiger partial charge < -0.3 is 9.88 Å². The Bertz CT molecular complexity index is 1100. The van der Waals surface area contributed by atoms with E-state index in [1.165, 1.54) is 6.07 Å². The summed E-state index contributed by atoms with van der Waals surface area (Å²) in [5, 5.41) is 4.05. The standard InChI is InChI=1S/C20H15F3N4/c1-27-17-7-10-25-19(26-15-5-8-24-9-6-15)16(17)12-18(27)13-3-2-4-14(11-13)20(21,22)23/h2-12H,1H3,(H,24,25,26). The summed E-state index contributed by atoms with van der Waals surface area (Å²) in [5.74, 6) is 0.632. The van der Waals surface area contributed by atoms with Crippen molar-refractivity contribution in [1.82, 2.24) is 14.5 Å². The molecule has 3 aromatic heterocycles. The zero-order valence-corrected chi connectivity index (χ0v) is 14.3. The van der Waals surface area contributed by atoms with Crippen molar-refractivity contribution in [3.8, 4) is 11.3 Å². The summed E-state index contributed by atoms with van der Waals surface area (Å²) < 4.78 is 41.1. The van der Waals surface area contributed by atoms with Gasteiger partial charge in [-0.2, -0.15) is 13.2 Å². The molecule has 3 heterocycles. The molecular formula is C20H15F3N4. The quantitative estimate of drug-likeness (QED) is 0.527. The van der Waals surface area contributed by atoms with Gasteiger partial charge in [-0.3, -0.25) is 4.98 Å². The van der Waals surface area contributed by atoms with E-state index in [0.717, 1.165) is 28.7 Å². The molecule has 4 aromatic rings. The van der Waals surface area contributed by atoms with E-state index in [1.54, 1.807) is 24.7 Å². The minimum atomic E-state index is -4.38. The molecule has 1 aromatic carbocycles. The number of benzene rings is 1. The molecule has 7 heteroatoms. The summed E-state index contributed by atoms with van der Waals surface area (Å²) in [6, 6.07) is 12.7. The Labute approximate surface area is 153 Å². The molecule has 27 heavy (non-hydrogen) atoms. The number of nitrogens with zero attached hydrogens (tertiary/aromatic N) is 3. The molecule has 0 atom stereocenters. The lowest BCUT2D eigenvalue weighted by Gasteiger charge is -2.09.